The number of carboxylic acid groups (broad SMARTS) is 1. The zero-order chi connectivity index (χ0) is 14.7. The summed E-state index contributed by atoms with van der Waals surface area (Å²) in [4.78, 5) is 26.2. The largest absolute Gasteiger partial charge is 0.477 e. The SMILES string of the molecule is Nc1ccc(F)cc1C(=O)Nc1ccc(C(=O)O)nc1. The minimum Gasteiger partial charge on any atom is -0.477 e. The second-order valence-electron chi connectivity index (χ2n) is 3.92. The van der Waals surface area contributed by atoms with Crippen molar-refractivity contribution in [1.29, 1.82) is 0 Å². The maximum Gasteiger partial charge on any atom is 0.354 e. The molecule has 102 valence electrons. The van der Waals surface area contributed by atoms with E-state index in [0.29, 0.717) is 0 Å². The van der Waals surface area contributed by atoms with Crippen molar-refractivity contribution in [3.63, 3.8) is 0 Å². The van der Waals surface area contributed by atoms with Crippen molar-refractivity contribution >= 4 is 23.3 Å². The number of amides is 1. The van der Waals surface area contributed by atoms with Crippen molar-refractivity contribution in [2.75, 3.05) is 11.1 Å². The van der Waals surface area contributed by atoms with Crippen LogP contribution in [-0.4, -0.2) is 22.0 Å². The Balaban J connectivity index is 2.19. The van der Waals surface area contributed by atoms with Crippen LogP contribution >= 0.6 is 0 Å². The second-order valence-corrected chi connectivity index (χ2v) is 3.92. The molecule has 0 radical (unpaired) electrons. The van der Waals surface area contributed by atoms with Crippen LogP contribution in [-0.2, 0) is 0 Å². The van der Waals surface area contributed by atoms with Crippen LogP contribution < -0.4 is 11.1 Å². The molecule has 0 unspecified atom stereocenters. The summed E-state index contributed by atoms with van der Waals surface area (Å²) in [6.07, 6.45) is 1.19. The zero-order valence-corrected chi connectivity index (χ0v) is 10.1. The Labute approximate surface area is 113 Å². The molecule has 0 saturated heterocycles. The highest BCUT2D eigenvalue weighted by molar-refractivity contribution is 6.07. The van der Waals surface area contributed by atoms with E-state index in [1.54, 1.807) is 0 Å². The van der Waals surface area contributed by atoms with Gasteiger partial charge in [-0.15, -0.1) is 0 Å². The molecule has 0 aliphatic heterocycles. The minimum absolute atomic E-state index is 0.00712. The number of hydrogen-bond acceptors (Lipinski definition) is 4. The van der Waals surface area contributed by atoms with Gasteiger partial charge in [-0.1, -0.05) is 0 Å². The first-order chi connectivity index (χ1) is 9.47. The molecule has 0 bridgehead atoms. The molecule has 0 fully saturated rings. The van der Waals surface area contributed by atoms with Crippen LogP contribution in [0.4, 0.5) is 15.8 Å². The van der Waals surface area contributed by atoms with E-state index in [4.69, 9.17) is 10.8 Å². The molecule has 1 aromatic heterocycles. The molecule has 2 rings (SSSR count). The van der Waals surface area contributed by atoms with E-state index in [-0.39, 0.29) is 22.6 Å². The minimum atomic E-state index is -1.17. The van der Waals surface area contributed by atoms with E-state index in [9.17, 15) is 14.0 Å². The van der Waals surface area contributed by atoms with Gasteiger partial charge in [0, 0.05) is 5.69 Å². The highest BCUT2D eigenvalue weighted by Gasteiger charge is 2.12. The number of carboxylic acids is 1. The number of nitrogen functional groups attached to an aromatic ring is 1. The van der Waals surface area contributed by atoms with Gasteiger partial charge in [-0.25, -0.2) is 14.2 Å². The van der Waals surface area contributed by atoms with Crippen LogP contribution in [0.25, 0.3) is 0 Å². The van der Waals surface area contributed by atoms with Crippen molar-refractivity contribution in [2.45, 2.75) is 0 Å². The van der Waals surface area contributed by atoms with Gasteiger partial charge in [0.05, 0.1) is 17.4 Å². The van der Waals surface area contributed by atoms with Gasteiger partial charge >= 0.3 is 5.97 Å². The molecule has 0 aliphatic rings. The van der Waals surface area contributed by atoms with Crippen LogP contribution in [0.5, 0.6) is 0 Å². The third-order valence-electron chi connectivity index (χ3n) is 2.50. The molecule has 20 heavy (non-hydrogen) atoms. The average Bonchev–Trinajstić information content (AvgIpc) is 2.42. The van der Waals surface area contributed by atoms with Gasteiger partial charge in [0.1, 0.15) is 11.5 Å². The van der Waals surface area contributed by atoms with E-state index < -0.39 is 17.7 Å². The summed E-state index contributed by atoms with van der Waals surface area (Å²) in [6, 6.07) is 6.08. The number of carbonyl (C=O) groups excluding carboxylic acids is 1. The summed E-state index contributed by atoms with van der Waals surface area (Å²) in [5, 5.41) is 11.1. The standard InChI is InChI=1S/C13H10FN3O3/c14-7-1-3-10(15)9(5-7)12(18)17-8-2-4-11(13(19)20)16-6-8/h1-6H,15H2,(H,17,18)(H,19,20). The lowest BCUT2D eigenvalue weighted by molar-refractivity contribution is 0.0690. The summed E-state index contributed by atoms with van der Waals surface area (Å²) in [6.45, 7) is 0. The molecule has 1 amide bonds. The molecule has 1 aromatic carbocycles. The van der Waals surface area contributed by atoms with Crippen LogP contribution in [0.3, 0.4) is 0 Å². The maximum absolute atomic E-state index is 13.1. The first kappa shape index (κ1) is 13.5. The Hall–Kier alpha value is -2.96. The fourth-order valence-corrected chi connectivity index (χ4v) is 1.52. The van der Waals surface area contributed by atoms with Crippen molar-refractivity contribution in [3.05, 3.63) is 53.6 Å². The Morgan fingerprint density at radius 3 is 2.60 bits per heavy atom. The Morgan fingerprint density at radius 1 is 1.25 bits per heavy atom. The second kappa shape index (κ2) is 5.35. The smallest absolute Gasteiger partial charge is 0.354 e. The van der Waals surface area contributed by atoms with Gasteiger partial charge in [-0.2, -0.15) is 0 Å². The molecule has 7 heteroatoms. The summed E-state index contributed by atoms with van der Waals surface area (Å²) >= 11 is 0. The van der Waals surface area contributed by atoms with Gasteiger partial charge in [0.2, 0.25) is 0 Å². The number of nitrogens with two attached hydrogens (primary N) is 1. The number of carbonyl (C=O) groups is 2. The summed E-state index contributed by atoms with van der Waals surface area (Å²) in [5.41, 5.74) is 5.85. The molecule has 2 aromatic rings. The molecular weight excluding hydrogens is 265 g/mol. The summed E-state index contributed by atoms with van der Waals surface area (Å²) in [7, 11) is 0. The van der Waals surface area contributed by atoms with Gasteiger partial charge in [0.15, 0.2) is 0 Å². The van der Waals surface area contributed by atoms with Crippen LogP contribution in [0.2, 0.25) is 0 Å². The Morgan fingerprint density at radius 2 is 2.00 bits per heavy atom. The van der Waals surface area contributed by atoms with Crippen LogP contribution in [0.1, 0.15) is 20.8 Å². The topological polar surface area (TPSA) is 105 Å². The molecular formula is C13H10FN3O3. The predicted octanol–water partition coefficient (Wildman–Crippen LogP) is 1.75. The Bertz CT molecular complexity index is 671. The number of rotatable bonds is 3. The van der Waals surface area contributed by atoms with E-state index in [1.807, 2.05) is 0 Å². The lowest BCUT2D eigenvalue weighted by Crippen LogP contribution is -2.14. The quantitative estimate of drug-likeness (QED) is 0.740. The highest BCUT2D eigenvalue weighted by Crippen LogP contribution is 2.16. The van der Waals surface area contributed by atoms with E-state index in [0.717, 1.165) is 12.1 Å². The molecule has 6 nitrogen and oxygen atoms in total. The van der Waals surface area contributed by atoms with Gasteiger partial charge < -0.3 is 16.2 Å². The molecule has 0 aliphatic carbocycles. The van der Waals surface area contributed by atoms with Crippen molar-refractivity contribution < 1.29 is 19.1 Å². The number of hydrogen-bond donors (Lipinski definition) is 3. The van der Waals surface area contributed by atoms with Crippen molar-refractivity contribution in [2.24, 2.45) is 0 Å². The fraction of sp³-hybridized carbons (Fsp3) is 0. The maximum atomic E-state index is 13.1. The third kappa shape index (κ3) is 2.89. The average molecular weight is 275 g/mol. The van der Waals surface area contributed by atoms with Gasteiger partial charge in [0.25, 0.3) is 5.91 Å². The van der Waals surface area contributed by atoms with Crippen LogP contribution in [0, 0.1) is 5.82 Å². The molecule has 0 atom stereocenters. The lowest BCUT2D eigenvalue weighted by Gasteiger charge is -2.07. The van der Waals surface area contributed by atoms with Crippen LogP contribution in [0.15, 0.2) is 36.5 Å². The highest BCUT2D eigenvalue weighted by atomic mass is 19.1. The van der Waals surface area contributed by atoms with E-state index in [2.05, 4.69) is 10.3 Å². The predicted molar refractivity (Wildman–Crippen MR) is 70.0 cm³/mol. The number of aromatic carboxylic acids is 1. The number of nitrogens with one attached hydrogen (secondary N) is 1. The summed E-state index contributed by atoms with van der Waals surface area (Å²) < 4.78 is 13.1. The molecule has 4 N–H and O–H groups in total. The number of benzene rings is 1. The molecule has 0 spiro atoms. The fourth-order valence-electron chi connectivity index (χ4n) is 1.52. The van der Waals surface area contributed by atoms with Crippen molar-refractivity contribution in [1.82, 2.24) is 4.98 Å². The van der Waals surface area contributed by atoms with Gasteiger partial charge in [-0.05, 0) is 30.3 Å². The number of pyridine rings is 1. The van der Waals surface area contributed by atoms with E-state index >= 15 is 0 Å². The summed E-state index contributed by atoms with van der Waals surface area (Å²) in [5.74, 6) is -2.35. The Kier molecular flexibility index (Phi) is 3.60. The van der Waals surface area contributed by atoms with Crippen molar-refractivity contribution in [3.8, 4) is 0 Å². The van der Waals surface area contributed by atoms with E-state index in [1.165, 1.54) is 24.4 Å². The molecule has 1 heterocycles. The number of aromatic nitrogens is 1. The monoisotopic (exact) mass is 275 g/mol. The number of nitrogens with zero attached hydrogens (tertiary/aromatic N) is 1. The first-order valence-corrected chi connectivity index (χ1v) is 5.53. The number of anilines is 2. The van der Waals surface area contributed by atoms with Gasteiger partial charge in [-0.3, -0.25) is 4.79 Å². The first-order valence-electron chi connectivity index (χ1n) is 5.53. The lowest BCUT2D eigenvalue weighted by atomic mass is 10.1. The third-order valence-corrected chi connectivity index (χ3v) is 2.50. The number of halogens is 1. The normalized spacial score (nSPS) is 10.1. The zero-order valence-electron chi connectivity index (χ0n) is 10.1. The molecule has 0 saturated carbocycles.